The zero-order valence-corrected chi connectivity index (χ0v) is 22.0. The number of Topliss-reactive ketones (excluding diaryl/α,β-unsaturated/α-hetero) is 1. The van der Waals surface area contributed by atoms with Crippen LogP contribution in [-0.4, -0.2) is 31.1 Å². The van der Waals surface area contributed by atoms with Crippen LogP contribution in [0, 0.1) is 6.92 Å². The molecule has 0 amide bonds. The molecule has 0 spiro atoms. The SMILES string of the molecule is Cc1ccc(C(=O)CCCCCCCSc2nc(=O)c(Cc3cncnc3)cn2Cc2ccco2)cc1. The number of aryl methyl sites for hydroxylation is 1. The highest BCUT2D eigenvalue weighted by atomic mass is 32.2. The lowest BCUT2D eigenvalue weighted by atomic mass is 10.0. The summed E-state index contributed by atoms with van der Waals surface area (Å²) in [6, 6.07) is 11.6. The lowest BCUT2D eigenvalue weighted by molar-refractivity contribution is 0.0979. The van der Waals surface area contributed by atoms with Crippen molar-refractivity contribution in [3.05, 3.63) is 106 Å². The molecule has 8 heteroatoms. The van der Waals surface area contributed by atoms with Crippen molar-refractivity contribution >= 4 is 17.5 Å². The number of hydrogen-bond donors (Lipinski definition) is 0. The van der Waals surface area contributed by atoms with E-state index in [9.17, 15) is 9.59 Å². The number of aromatic nitrogens is 4. The molecule has 37 heavy (non-hydrogen) atoms. The fourth-order valence-electron chi connectivity index (χ4n) is 4.05. The number of hydrogen-bond acceptors (Lipinski definition) is 7. The maximum Gasteiger partial charge on any atom is 0.277 e. The largest absolute Gasteiger partial charge is 0.467 e. The molecule has 0 N–H and O–H groups in total. The zero-order valence-electron chi connectivity index (χ0n) is 21.1. The third-order valence-corrected chi connectivity index (χ3v) is 7.17. The number of carbonyl (C=O) groups is 1. The summed E-state index contributed by atoms with van der Waals surface area (Å²) >= 11 is 1.60. The Labute approximate surface area is 221 Å². The molecule has 0 radical (unpaired) electrons. The smallest absolute Gasteiger partial charge is 0.277 e. The van der Waals surface area contributed by atoms with Crippen molar-refractivity contribution in [2.24, 2.45) is 0 Å². The summed E-state index contributed by atoms with van der Waals surface area (Å²) in [6.45, 7) is 2.54. The molecule has 0 aliphatic carbocycles. The molecule has 0 saturated heterocycles. The average Bonchev–Trinajstić information content (AvgIpc) is 3.42. The van der Waals surface area contributed by atoms with Crippen LogP contribution >= 0.6 is 11.8 Å². The van der Waals surface area contributed by atoms with Crippen molar-refractivity contribution in [3.63, 3.8) is 0 Å². The first kappa shape index (κ1) is 26.5. The van der Waals surface area contributed by atoms with Crippen molar-refractivity contribution < 1.29 is 9.21 Å². The van der Waals surface area contributed by atoms with Crippen LogP contribution < -0.4 is 5.56 Å². The molecule has 0 fully saturated rings. The highest BCUT2D eigenvalue weighted by Gasteiger charge is 2.12. The Morgan fingerprint density at radius 3 is 2.51 bits per heavy atom. The van der Waals surface area contributed by atoms with Crippen LogP contribution in [-0.2, 0) is 13.0 Å². The van der Waals surface area contributed by atoms with Gasteiger partial charge in [0.25, 0.3) is 5.56 Å². The second-order valence-electron chi connectivity index (χ2n) is 9.14. The Morgan fingerprint density at radius 1 is 1.00 bits per heavy atom. The van der Waals surface area contributed by atoms with E-state index in [4.69, 9.17) is 4.42 Å². The number of unbranched alkanes of at least 4 members (excludes halogenated alkanes) is 4. The number of furan rings is 1. The van der Waals surface area contributed by atoms with Gasteiger partial charge in [0.2, 0.25) is 0 Å². The quantitative estimate of drug-likeness (QED) is 0.0893. The van der Waals surface area contributed by atoms with Crippen LogP contribution in [0.15, 0.2) is 81.9 Å². The van der Waals surface area contributed by atoms with Gasteiger partial charge in [-0.1, -0.05) is 60.9 Å². The van der Waals surface area contributed by atoms with Crippen LogP contribution in [0.1, 0.15) is 71.3 Å². The van der Waals surface area contributed by atoms with Crippen LogP contribution in [0.4, 0.5) is 0 Å². The number of nitrogens with zero attached hydrogens (tertiary/aromatic N) is 4. The number of carbonyl (C=O) groups excluding carboxylic acids is 1. The molecular weight excluding hydrogens is 484 g/mol. The molecule has 0 aliphatic rings. The van der Waals surface area contributed by atoms with E-state index in [1.54, 1.807) is 30.4 Å². The Morgan fingerprint density at radius 2 is 1.76 bits per heavy atom. The Kier molecular flexibility index (Phi) is 9.82. The van der Waals surface area contributed by atoms with E-state index >= 15 is 0 Å². The lowest BCUT2D eigenvalue weighted by Crippen LogP contribution is -2.20. The molecule has 4 rings (SSSR count). The van der Waals surface area contributed by atoms with Gasteiger partial charge in [0.15, 0.2) is 10.9 Å². The summed E-state index contributed by atoms with van der Waals surface area (Å²) in [4.78, 5) is 37.5. The summed E-state index contributed by atoms with van der Waals surface area (Å²) in [5.41, 5.74) is 3.22. The average molecular weight is 517 g/mol. The van der Waals surface area contributed by atoms with E-state index in [1.807, 2.05) is 54.1 Å². The van der Waals surface area contributed by atoms with E-state index in [2.05, 4.69) is 15.0 Å². The second-order valence-corrected chi connectivity index (χ2v) is 10.2. The second kappa shape index (κ2) is 13.7. The minimum absolute atomic E-state index is 0.222. The van der Waals surface area contributed by atoms with Crippen molar-refractivity contribution in [3.8, 4) is 0 Å². The van der Waals surface area contributed by atoms with Gasteiger partial charge in [0.1, 0.15) is 12.1 Å². The minimum Gasteiger partial charge on any atom is -0.467 e. The molecular formula is C29H32N4O3S. The molecule has 192 valence electrons. The molecule has 0 atom stereocenters. The molecule has 7 nitrogen and oxygen atoms in total. The summed E-state index contributed by atoms with van der Waals surface area (Å²) in [5, 5.41) is 0.693. The third kappa shape index (κ3) is 8.25. The lowest BCUT2D eigenvalue weighted by Gasteiger charge is -2.13. The van der Waals surface area contributed by atoms with Crippen LogP contribution in [0.5, 0.6) is 0 Å². The maximum atomic E-state index is 12.8. The van der Waals surface area contributed by atoms with Gasteiger partial charge in [-0.05, 0) is 37.5 Å². The van der Waals surface area contributed by atoms with Crippen molar-refractivity contribution in [2.75, 3.05) is 5.75 Å². The van der Waals surface area contributed by atoms with Gasteiger partial charge >= 0.3 is 0 Å². The van der Waals surface area contributed by atoms with Gasteiger partial charge in [0, 0.05) is 48.3 Å². The topological polar surface area (TPSA) is 90.9 Å². The van der Waals surface area contributed by atoms with Crippen molar-refractivity contribution in [1.82, 2.24) is 19.5 Å². The van der Waals surface area contributed by atoms with Gasteiger partial charge in [-0.2, -0.15) is 4.98 Å². The number of ketones is 1. The number of rotatable bonds is 14. The monoisotopic (exact) mass is 516 g/mol. The van der Waals surface area contributed by atoms with Crippen LogP contribution in [0.25, 0.3) is 0 Å². The standard InChI is InChI=1S/C29H32N4O3S/c1-22-10-12-24(13-11-22)27(34)9-5-3-2-4-6-15-37-29-32-28(35)25(16-23-17-30-21-31-18-23)19-33(29)20-26-8-7-14-36-26/h7-8,10-14,17-19,21H,2-6,9,15-16,20H2,1H3. The van der Waals surface area contributed by atoms with E-state index < -0.39 is 0 Å². The van der Waals surface area contributed by atoms with E-state index in [0.717, 1.165) is 54.7 Å². The molecule has 3 heterocycles. The van der Waals surface area contributed by atoms with E-state index in [1.165, 1.54) is 11.9 Å². The number of benzene rings is 1. The summed E-state index contributed by atoms with van der Waals surface area (Å²) < 4.78 is 7.52. The van der Waals surface area contributed by atoms with Crippen molar-refractivity contribution in [2.45, 2.75) is 63.6 Å². The highest BCUT2D eigenvalue weighted by Crippen LogP contribution is 2.20. The molecule has 0 aliphatic heterocycles. The van der Waals surface area contributed by atoms with Gasteiger partial charge in [0.05, 0.1) is 12.8 Å². The predicted molar refractivity (Wildman–Crippen MR) is 145 cm³/mol. The highest BCUT2D eigenvalue weighted by molar-refractivity contribution is 7.99. The first-order chi connectivity index (χ1) is 18.1. The summed E-state index contributed by atoms with van der Waals surface area (Å²) in [5.74, 6) is 1.90. The van der Waals surface area contributed by atoms with Gasteiger partial charge in [-0.25, -0.2) is 9.97 Å². The molecule has 0 bridgehead atoms. The fraction of sp³-hybridized carbons (Fsp3) is 0.345. The Balaban J connectivity index is 1.25. The first-order valence-electron chi connectivity index (χ1n) is 12.7. The van der Waals surface area contributed by atoms with Gasteiger partial charge in [-0.3, -0.25) is 9.59 Å². The zero-order chi connectivity index (χ0) is 25.9. The molecule has 0 unspecified atom stereocenters. The van der Waals surface area contributed by atoms with Gasteiger partial charge in [-0.15, -0.1) is 0 Å². The maximum absolute atomic E-state index is 12.8. The molecule has 3 aromatic heterocycles. The predicted octanol–water partition coefficient (Wildman–Crippen LogP) is 5.89. The Hall–Kier alpha value is -3.52. The summed E-state index contributed by atoms with van der Waals surface area (Å²) in [7, 11) is 0. The van der Waals surface area contributed by atoms with E-state index in [-0.39, 0.29) is 11.3 Å². The summed E-state index contributed by atoms with van der Waals surface area (Å²) in [6.07, 6.45) is 14.6. The van der Waals surface area contributed by atoms with E-state index in [0.29, 0.717) is 30.1 Å². The van der Waals surface area contributed by atoms with Gasteiger partial charge < -0.3 is 8.98 Å². The molecule has 4 aromatic rings. The van der Waals surface area contributed by atoms with Crippen LogP contribution in [0.3, 0.4) is 0 Å². The Bertz CT molecular complexity index is 1320. The third-order valence-electron chi connectivity index (χ3n) is 6.10. The van der Waals surface area contributed by atoms with Crippen molar-refractivity contribution in [1.29, 1.82) is 0 Å². The fourth-order valence-corrected chi connectivity index (χ4v) is 5.01. The first-order valence-corrected chi connectivity index (χ1v) is 13.7. The number of thioether (sulfide) groups is 1. The molecule has 1 aromatic carbocycles. The minimum atomic E-state index is -0.222. The normalized spacial score (nSPS) is 11.1. The molecule has 0 saturated carbocycles. The van der Waals surface area contributed by atoms with Crippen LogP contribution in [0.2, 0.25) is 0 Å².